The Morgan fingerprint density at radius 1 is 1.56 bits per heavy atom. The number of aliphatic hydroxyl groups is 1. The van der Waals surface area contributed by atoms with E-state index in [0.29, 0.717) is 11.7 Å². The van der Waals surface area contributed by atoms with E-state index in [4.69, 9.17) is 5.73 Å². The first-order valence-corrected chi connectivity index (χ1v) is 5.77. The van der Waals surface area contributed by atoms with E-state index in [1.807, 2.05) is 12.1 Å². The van der Waals surface area contributed by atoms with Crippen LogP contribution >= 0.6 is 0 Å². The highest BCUT2D eigenvalue weighted by atomic mass is 16.3. The molecule has 0 amide bonds. The molecule has 1 aliphatic heterocycles. The molecule has 88 valence electrons. The molecule has 0 aromatic carbocycles. The van der Waals surface area contributed by atoms with Gasteiger partial charge in [0.25, 0.3) is 0 Å². The standard InChI is InChI=1S/C12H19N3O/c1-9-5-6-15(11(9)8-16)7-10-3-2-4-12(13)14-10/h2-4,9,11,16H,5-8H2,1H3,(H2,13,14). The van der Waals surface area contributed by atoms with Gasteiger partial charge in [-0.3, -0.25) is 4.90 Å². The lowest BCUT2D eigenvalue weighted by Crippen LogP contribution is -2.34. The van der Waals surface area contributed by atoms with E-state index < -0.39 is 0 Å². The maximum atomic E-state index is 9.35. The Bertz CT molecular complexity index is 356. The molecule has 4 heteroatoms. The van der Waals surface area contributed by atoms with Crippen molar-refractivity contribution in [2.75, 3.05) is 18.9 Å². The average molecular weight is 221 g/mol. The molecule has 0 saturated carbocycles. The van der Waals surface area contributed by atoms with Gasteiger partial charge in [-0.1, -0.05) is 13.0 Å². The Labute approximate surface area is 96.1 Å². The van der Waals surface area contributed by atoms with Crippen molar-refractivity contribution in [1.29, 1.82) is 0 Å². The molecule has 0 spiro atoms. The summed E-state index contributed by atoms with van der Waals surface area (Å²) in [5, 5.41) is 9.35. The van der Waals surface area contributed by atoms with Gasteiger partial charge < -0.3 is 10.8 Å². The largest absolute Gasteiger partial charge is 0.395 e. The molecule has 2 atom stereocenters. The molecule has 2 heterocycles. The van der Waals surface area contributed by atoms with Crippen LogP contribution in [0.15, 0.2) is 18.2 Å². The van der Waals surface area contributed by atoms with Gasteiger partial charge in [0, 0.05) is 12.6 Å². The Kier molecular flexibility index (Phi) is 3.41. The van der Waals surface area contributed by atoms with E-state index in [1.54, 1.807) is 6.07 Å². The summed E-state index contributed by atoms with van der Waals surface area (Å²) < 4.78 is 0. The van der Waals surface area contributed by atoms with Gasteiger partial charge in [0.1, 0.15) is 5.82 Å². The third-order valence-corrected chi connectivity index (χ3v) is 3.38. The fourth-order valence-electron chi connectivity index (χ4n) is 2.37. The van der Waals surface area contributed by atoms with Crippen molar-refractivity contribution in [3.05, 3.63) is 23.9 Å². The van der Waals surface area contributed by atoms with Crippen LogP contribution in [0, 0.1) is 5.92 Å². The summed E-state index contributed by atoms with van der Waals surface area (Å²) >= 11 is 0. The lowest BCUT2D eigenvalue weighted by Gasteiger charge is -2.24. The average Bonchev–Trinajstić information content (AvgIpc) is 2.59. The number of rotatable bonds is 3. The Balaban J connectivity index is 2.04. The van der Waals surface area contributed by atoms with Gasteiger partial charge in [-0.05, 0) is 31.0 Å². The molecule has 4 nitrogen and oxygen atoms in total. The summed E-state index contributed by atoms with van der Waals surface area (Å²) in [6.07, 6.45) is 1.15. The molecule has 1 saturated heterocycles. The van der Waals surface area contributed by atoms with E-state index >= 15 is 0 Å². The minimum atomic E-state index is 0.226. The number of likely N-dealkylation sites (tertiary alicyclic amines) is 1. The summed E-state index contributed by atoms with van der Waals surface area (Å²) in [7, 11) is 0. The minimum absolute atomic E-state index is 0.226. The highest BCUT2D eigenvalue weighted by Gasteiger charge is 2.30. The van der Waals surface area contributed by atoms with Crippen LogP contribution in [0.25, 0.3) is 0 Å². The van der Waals surface area contributed by atoms with Gasteiger partial charge in [-0.25, -0.2) is 4.98 Å². The highest BCUT2D eigenvalue weighted by Crippen LogP contribution is 2.24. The van der Waals surface area contributed by atoms with Gasteiger partial charge in [-0.2, -0.15) is 0 Å². The molecule has 16 heavy (non-hydrogen) atoms. The summed E-state index contributed by atoms with van der Waals surface area (Å²) in [4.78, 5) is 6.57. The summed E-state index contributed by atoms with van der Waals surface area (Å²) in [5.74, 6) is 1.12. The van der Waals surface area contributed by atoms with Crippen molar-refractivity contribution >= 4 is 5.82 Å². The number of hydrogen-bond acceptors (Lipinski definition) is 4. The first kappa shape index (κ1) is 11.4. The molecular formula is C12H19N3O. The molecule has 0 aliphatic carbocycles. The van der Waals surface area contributed by atoms with Crippen LogP contribution in [0.4, 0.5) is 5.82 Å². The summed E-state index contributed by atoms with van der Waals surface area (Å²) in [6.45, 7) is 4.22. The van der Waals surface area contributed by atoms with Gasteiger partial charge in [0.05, 0.1) is 12.3 Å². The van der Waals surface area contributed by atoms with Crippen molar-refractivity contribution in [2.45, 2.75) is 25.9 Å². The molecule has 0 bridgehead atoms. The van der Waals surface area contributed by atoms with Crippen LogP contribution in [-0.4, -0.2) is 34.2 Å². The van der Waals surface area contributed by atoms with Crippen molar-refractivity contribution in [2.24, 2.45) is 5.92 Å². The molecule has 0 radical (unpaired) electrons. The Hall–Kier alpha value is -1.13. The first-order chi connectivity index (χ1) is 7.70. The topological polar surface area (TPSA) is 62.4 Å². The number of pyridine rings is 1. The van der Waals surface area contributed by atoms with Crippen LogP contribution < -0.4 is 5.73 Å². The Morgan fingerprint density at radius 3 is 3.06 bits per heavy atom. The van der Waals surface area contributed by atoms with Crippen molar-refractivity contribution in [1.82, 2.24) is 9.88 Å². The molecular weight excluding hydrogens is 202 g/mol. The number of aliphatic hydroxyl groups excluding tert-OH is 1. The highest BCUT2D eigenvalue weighted by molar-refractivity contribution is 5.28. The maximum absolute atomic E-state index is 9.35. The molecule has 2 unspecified atom stereocenters. The quantitative estimate of drug-likeness (QED) is 0.795. The maximum Gasteiger partial charge on any atom is 0.123 e. The normalized spacial score (nSPS) is 26.1. The van der Waals surface area contributed by atoms with Crippen molar-refractivity contribution < 1.29 is 5.11 Å². The molecule has 1 aromatic rings. The molecule has 3 N–H and O–H groups in total. The van der Waals surface area contributed by atoms with Crippen molar-refractivity contribution in [3.8, 4) is 0 Å². The van der Waals surface area contributed by atoms with Gasteiger partial charge in [0.2, 0.25) is 0 Å². The fourth-order valence-corrected chi connectivity index (χ4v) is 2.37. The number of nitrogen functional groups attached to an aromatic ring is 1. The van der Waals surface area contributed by atoms with Crippen LogP contribution in [0.3, 0.4) is 0 Å². The second kappa shape index (κ2) is 4.80. The molecule has 1 aromatic heterocycles. The zero-order valence-electron chi connectivity index (χ0n) is 9.63. The van der Waals surface area contributed by atoms with Crippen LogP contribution in [0.1, 0.15) is 19.0 Å². The summed E-state index contributed by atoms with van der Waals surface area (Å²) in [5.41, 5.74) is 6.63. The number of nitrogens with zero attached hydrogens (tertiary/aromatic N) is 2. The van der Waals surface area contributed by atoms with Gasteiger partial charge in [0.15, 0.2) is 0 Å². The predicted octanol–water partition coefficient (Wildman–Crippen LogP) is 0.866. The van der Waals surface area contributed by atoms with E-state index in [9.17, 15) is 5.11 Å². The predicted molar refractivity (Wildman–Crippen MR) is 63.7 cm³/mol. The minimum Gasteiger partial charge on any atom is -0.395 e. The third-order valence-electron chi connectivity index (χ3n) is 3.38. The first-order valence-electron chi connectivity index (χ1n) is 5.77. The summed E-state index contributed by atoms with van der Waals surface area (Å²) in [6, 6.07) is 5.96. The second-order valence-corrected chi connectivity index (χ2v) is 4.54. The lowest BCUT2D eigenvalue weighted by molar-refractivity contribution is 0.133. The molecule has 2 rings (SSSR count). The number of hydrogen-bond donors (Lipinski definition) is 2. The lowest BCUT2D eigenvalue weighted by atomic mass is 10.0. The van der Waals surface area contributed by atoms with E-state index in [-0.39, 0.29) is 12.6 Å². The molecule has 1 aliphatic rings. The van der Waals surface area contributed by atoms with E-state index in [2.05, 4.69) is 16.8 Å². The number of anilines is 1. The fraction of sp³-hybridized carbons (Fsp3) is 0.583. The monoisotopic (exact) mass is 221 g/mol. The zero-order valence-corrected chi connectivity index (χ0v) is 9.63. The Morgan fingerprint density at radius 2 is 2.38 bits per heavy atom. The smallest absolute Gasteiger partial charge is 0.123 e. The van der Waals surface area contributed by atoms with Gasteiger partial charge >= 0.3 is 0 Å². The van der Waals surface area contributed by atoms with Crippen LogP contribution in [-0.2, 0) is 6.54 Å². The number of aromatic nitrogens is 1. The van der Waals surface area contributed by atoms with Gasteiger partial charge in [-0.15, -0.1) is 0 Å². The van der Waals surface area contributed by atoms with E-state index in [0.717, 1.165) is 25.2 Å². The van der Waals surface area contributed by atoms with Crippen LogP contribution in [0.2, 0.25) is 0 Å². The third kappa shape index (κ3) is 2.33. The SMILES string of the molecule is CC1CCN(Cc2cccc(N)n2)C1CO. The van der Waals surface area contributed by atoms with Crippen LogP contribution in [0.5, 0.6) is 0 Å². The second-order valence-electron chi connectivity index (χ2n) is 4.54. The van der Waals surface area contributed by atoms with Crippen molar-refractivity contribution in [3.63, 3.8) is 0 Å². The number of nitrogens with two attached hydrogens (primary N) is 1. The van der Waals surface area contributed by atoms with E-state index in [1.165, 1.54) is 0 Å². The molecule has 1 fully saturated rings. The zero-order chi connectivity index (χ0) is 11.5.